The molecule has 234 valence electrons. The van der Waals surface area contributed by atoms with Crippen LogP contribution in [0, 0.1) is 17.3 Å². The van der Waals surface area contributed by atoms with Gasteiger partial charge >= 0.3 is 0 Å². The molecule has 3 aliphatic heterocycles. The Kier molecular flexibility index (Phi) is 8.47. The van der Waals surface area contributed by atoms with Crippen LogP contribution in [0.25, 0.3) is 0 Å². The maximum atomic E-state index is 13.7. The summed E-state index contributed by atoms with van der Waals surface area (Å²) < 4.78 is 34.6. The Balaban J connectivity index is 1.50. The highest BCUT2D eigenvalue weighted by atomic mass is 32.2. The molecule has 0 spiro atoms. The van der Waals surface area contributed by atoms with E-state index in [0.29, 0.717) is 62.0 Å². The first kappa shape index (κ1) is 31.2. The van der Waals surface area contributed by atoms with Crippen molar-refractivity contribution in [2.45, 2.75) is 83.9 Å². The predicted molar refractivity (Wildman–Crippen MR) is 166 cm³/mol. The van der Waals surface area contributed by atoms with Crippen LogP contribution in [0.3, 0.4) is 0 Å². The van der Waals surface area contributed by atoms with Gasteiger partial charge in [-0.05, 0) is 74.6 Å². The summed E-state index contributed by atoms with van der Waals surface area (Å²) in [5.74, 6) is 0.938. The second-order valence-electron chi connectivity index (χ2n) is 13.9. The number of fused-ring (bicyclic) bond motifs is 6. The molecule has 12 heteroatoms. The van der Waals surface area contributed by atoms with Crippen LogP contribution in [0.1, 0.15) is 77.6 Å². The summed E-state index contributed by atoms with van der Waals surface area (Å²) in [5, 5.41) is 2.99. The standard InChI is InChI=1S/C31H44N6O5S/c1-20-12-15-32-24-8-7-9-26(33-24)43(40,41)35-28(38)22-10-11-25(34-27(22)37-19-21(20)18-31(37,5)6)36-16-13-23(29(36)39)42-17-14-30(2,3)4/h7-11,20-21,23H,12-19H2,1-6H3,(H,32,33)(H,35,38)/t20-,21-,23?/m0/s1. The number of carbonyl (C=O) groups is 2. The van der Waals surface area contributed by atoms with Gasteiger partial charge in [-0.3, -0.25) is 14.5 Å². The van der Waals surface area contributed by atoms with E-state index in [1.54, 1.807) is 29.2 Å². The minimum atomic E-state index is -4.26. The van der Waals surface area contributed by atoms with Crippen LogP contribution in [-0.2, 0) is 19.6 Å². The molecule has 11 nitrogen and oxygen atoms in total. The molecule has 4 bridgehead atoms. The summed E-state index contributed by atoms with van der Waals surface area (Å²) in [7, 11) is -4.26. The first-order valence-corrected chi connectivity index (χ1v) is 16.6. The van der Waals surface area contributed by atoms with E-state index >= 15 is 0 Å². The fourth-order valence-corrected chi connectivity index (χ4v) is 7.06. The van der Waals surface area contributed by atoms with Gasteiger partial charge in [-0.2, -0.15) is 8.42 Å². The second-order valence-corrected chi connectivity index (χ2v) is 15.5. The van der Waals surface area contributed by atoms with Gasteiger partial charge in [0.15, 0.2) is 5.03 Å². The van der Waals surface area contributed by atoms with Gasteiger partial charge in [0.05, 0.1) is 5.56 Å². The third-order valence-electron chi connectivity index (χ3n) is 8.81. The van der Waals surface area contributed by atoms with Crippen LogP contribution < -0.4 is 19.8 Å². The van der Waals surface area contributed by atoms with Crippen LogP contribution in [0.4, 0.5) is 17.5 Å². The zero-order valence-corrected chi connectivity index (χ0v) is 26.8. The number of hydrogen-bond donors (Lipinski definition) is 2. The Morgan fingerprint density at radius 3 is 2.60 bits per heavy atom. The molecule has 2 saturated heterocycles. The number of pyridine rings is 2. The van der Waals surface area contributed by atoms with E-state index in [9.17, 15) is 18.0 Å². The molecule has 0 saturated carbocycles. The van der Waals surface area contributed by atoms with Crippen LogP contribution in [0.2, 0.25) is 0 Å². The SMILES string of the molecule is C[C@H]1CCNc2cccc(n2)S(=O)(=O)NC(=O)c2ccc(N3CCC(OCCC(C)(C)C)C3=O)nc2N2C[C@@H]1CC2(C)C. The highest BCUT2D eigenvalue weighted by Crippen LogP contribution is 2.42. The van der Waals surface area contributed by atoms with Gasteiger partial charge in [-0.25, -0.2) is 14.7 Å². The first-order chi connectivity index (χ1) is 20.1. The number of nitrogens with zero attached hydrogens (tertiary/aromatic N) is 4. The second kappa shape index (κ2) is 11.7. The molecule has 3 aliphatic rings. The summed E-state index contributed by atoms with van der Waals surface area (Å²) in [5.41, 5.74) is -0.128. The molecular formula is C31H44N6O5S. The van der Waals surface area contributed by atoms with E-state index in [-0.39, 0.29) is 27.5 Å². The van der Waals surface area contributed by atoms with Crippen molar-refractivity contribution in [3.05, 3.63) is 35.9 Å². The van der Waals surface area contributed by atoms with Crippen LogP contribution in [-0.4, -0.2) is 68.1 Å². The molecule has 2 N–H and O–H groups in total. The van der Waals surface area contributed by atoms with Gasteiger partial charge in [0.1, 0.15) is 23.6 Å². The van der Waals surface area contributed by atoms with Gasteiger partial charge in [0.2, 0.25) is 0 Å². The number of hydrogen-bond acceptors (Lipinski definition) is 9. The predicted octanol–water partition coefficient (Wildman–Crippen LogP) is 4.21. The summed E-state index contributed by atoms with van der Waals surface area (Å²) in [6.07, 6.45) is 2.59. The Hall–Kier alpha value is -3.25. The Morgan fingerprint density at radius 1 is 1.09 bits per heavy atom. The number of rotatable bonds is 4. The van der Waals surface area contributed by atoms with E-state index in [2.05, 4.69) is 61.5 Å². The van der Waals surface area contributed by atoms with E-state index in [1.165, 1.54) is 6.07 Å². The highest BCUT2D eigenvalue weighted by molar-refractivity contribution is 7.90. The lowest BCUT2D eigenvalue weighted by atomic mass is 9.86. The van der Waals surface area contributed by atoms with E-state index in [0.717, 1.165) is 19.3 Å². The highest BCUT2D eigenvalue weighted by Gasteiger charge is 2.43. The van der Waals surface area contributed by atoms with Crippen molar-refractivity contribution in [1.29, 1.82) is 0 Å². The molecule has 5 heterocycles. The minimum Gasteiger partial charge on any atom is -0.370 e. The van der Waals surface area contributed by atoms with Crippen molar-refractivity contribution in [2.75, 3.05) is 41.4 Å². The van der Waals surface area contributed by atoms with Crippen molar-refractivity contribution < 1.29 is 22.7 Å². The normalized spacial score (nSPS) is 25.4. The maximum absolute atomic E-state index is 13.7. The third kappa shape index (κ3) is 6.80. The molecule has 43 heavy (non-hydrogen) atoms. The molecule has 0 aromatic carbocycles. The fraction of sp³-hybridized carbons (Fsp3) is 0.613. The number of aromatic nitrogens is 2. The lowest BCUT2D eigenvalue weighted by Gasteiger charge is -2.34. The number of carbonyl (C=O) groups excluding carboxylic acids is 2. The van der Waals surface area contributed by atoms with Crippen molar-refractivity contribution >= 4 is 39.3 Å². The Bertz CT molecular complexity index is 1490. The number of amides is 2. The third-order valence-corrected chi connectivity index (χ3v) is 10.0. The monoisotopic (exact) mass is 612 g/mol. The lowest BCUT2D eigenvalue weighted by molar-refractivity contribution is -0.127. The average Bonchev–Trinajstić information content (AvgIpc) is 3.45. The van der Waals surface area contributed by atoms with Crippen molar-refractivity contribution in [3.8, 4) is 0 Å². The number of nitrogens with one attached hydrogen (secondary N) is 2. The first-order valence-electron chi connectivity index (χ1n) is 15.1. The molecule has 5 rings (SSSR count). The summed E-state index contributed by atoms with van der Waals surface area (Å²) in [4.78, 5) is 39.9. The quantitative estimate of drug-likeness (QED) is 0.521. The van der Waals surface area contributed by atoms with Crippen LogP contribution >= 0.6 is 0 Å². The fourth-order valence-electron chi connectivity index (χ4n) is 6.12. The topological polar surface area (TPSA) is 134 Å². The van der Waals surface area contributed by atoms with Gasteiger partial charge in [-0.15, -0.1) is 0 Å². The molecule has 0 aliphatic carbocycles. The van der Waals surface area contributed by atoms with Crippen molar-refractivity contribution in [1.82, 2.24) is 14.7 Å². The van der Waals surface area contributed by atoms with E-state index < -0.39 is 22.0 Å². The molecule has 2 fully saturated rings. The lowest BCUT2D eigenvalue weighted by Crippen LogP contribution is -2.41. The smallest absolute Gasteiger partial charge is 0.281 e. The van der Waals surface area contributed by atoms with Crippen molar-refractivity contribution in [2.24, 2.45) is 17.3 Å². The molecule has 2 aromatic heterocycles. The Morgan fingerprint density at radius 2 is 1.86 bits per heavy atom. The number of sulfonamides is 1. The van der Waals surface area contributed by atoms with Gasteiger partial charge < -0.3 is 15.0 Å². The molecule has 2 aromatic rings. The van der Waals surface area contributed by atoms with Crippen molar-refractivity contribution in [3.63, 3.8) is 0 Å². The average molecular weight is 613 g/mol. The zero-order chi connectivity index (χ0) is 31.2. The summed E-state index contributed by atoms with van der Waals surface area (Å²) in [6.45, 7) is 15.1. The molecule has 3 atom stereocenters. The summed E-state index contributed by atoms with van der Waals surface area (Å²) in [6, 6.07) is 7.85. The van der Waals surface area contributed by atoms with E-state index in [4.69, 9.17) is 9.72 Å². The van der Waals surface area contributed by atoms with Crippen LogP contribution in [0.5, 0.6) is 0 Å². The minimum absolute atomic E-state index is 0.104. The van der Waals surface area contributed by atoms with Crippen LogP contribution in [0.15, 0.2) is 35.4 Å². The van der Waals surface area contributed by atoms with E-state index in [1.807, 2.05) is 0 Å². The molecular weight excluding hydrogens is 568 g/mol. The number of ether oxygens (including phenoxy) is 1. The largest absolute Gasteiger partial charge is 0.370 e. The zero-order valence-electron chi connectivity index (χ0n) is 26.0. The molecule has 1 unspecified atom stereocenters. The van der Waals surface area contributed by atoms with Gasteiger partial charge in [0.25, 0.3) is 21.8 Å². The summed E-state index contributed by atoms with van der Waals surface area (Å²) >= 11 is 0. The Labute approximate surface area is 254 Å². The molecule has 0 radical (unpaired) electrons. The van der Waals surface area contributed by atoms with Gasteiger partial charge in [-0.1, -0.05) is 33.8 Å². The molecule has 2 amide bonds. The maximum Gasteiger partial charge on any atom is 0.281 e. The van der Waals surface area contributed by atoms with Gasteiger partial charge in [0, 0.05) is 38.2 Å². The number of anilines is 3.